The van der Waals surface area contributed by atoms with Crippen molar-refractivity contribution in [2.45, 2.75) is 6.61 Å². The summed E-state index contributed by atoms with van der Waals surface area (Å²) in [6, 6.07) is 8.94. The Kier molecular flexibility index (Phi) is 5.35. The van der Waals surface area contributed by atoms with Gasteiger partial charge in [0.25, 0.3) is 0 Å². The van der Waals surface area contributed by atoms with Gasteiger partial charge in [-0.1, -0.05) is 35.3 Å². The molecule has 2 aromatic carbocycles. The third-order valence-corrected chi connectivity index (χ3v) is 3.24. The summed E-state index contributed by atoms with van der Waals surface area (Å²) in [5.74, 6) is -0.121. The first-order chi connectivity index (χ1) is 10.5. The minimum absolute atomic E-state index is 0.0985. The zero-order chi connectivity index (χ0) is 16.1. The molecule has 0 radical (unpaired) electrons. The average molecular weight is 342 g/mol. The van der Waals surface area contributed by atoms with Gasteiger partial charge < -0.3 is 4.74 Å². The van der Waals surface area contributed by atoms with Crippen LogP contribution >= 0.6 is 23.2 Å². The third-order valence-electron chi connectivity index (χ3n) is 2.68. The number of benzene rings is 2. The highest BCUT2D eigenvalue weighted by Gasteiger charge is 2.10. The second kappa shape index (κ2) is 7.24. The van der Waals surface area contributed by atoms with Crippen LogP contribution in [0.3, 0.4) is 0 Å². The van der Waals surface area contributed by atoms with E-state index >= 15 is 0 Å². The standard InChI is InChI=1S/C15H10Cl2FNO3/c16-13-7-10(4-5-19(20)21)8-14(17)15(13)22-9-11-2-1-3-12(18)6-11/h1-8H,9H2/b5-4+. The number of nitro groups is 1. The molecule has 0 aliphatic rings. The fourth-order valence-electron chi connectivity index (χ4n) is 1.74. The Bertz CT molecular complexity index is 711. The van der Waals surface area contributed by atoms with Crippen molar-refractivity contribution in [1.82, 2.24) is 0 Å². The van der Waals surface area contributed by atoms with E-state index in [0.717, 1.165) is 6.20 Å². The third kappa shape index (κ3) is 4.44. The van der Waals surface area contributed by atoms with E-state index in [4.69, 9.17) is 27.9 Å². The number of halogens is 3. The molecule has 4 nitrogen and oxygen atoms in total. The van der Waals surface area contributed by atoms with E-state index in [0.29, 0.717) is 11.1 Å². The summed E-state index contributed by atoms with van der Waals surface area (Å²) in [4.78, 5) is 9.71. The Morgan fingerprint density at radius 3 is 2.50 bits per heavy atom. The van der Waals surface area contributed by atoms with Gasteiger partial charge in [-0.05, 0) is 35.4 Å². The largest absolute Gasteiger partial charge is 0.486 e. The molecule has 7 heteroatoms. The lowest BCUT2D eigenvalue weighted by molar-refractivity contribution is -0.400. The van der Waals surface area contributed by atoms with Gasteiger partial charge in [0.2, 0.25) is 6.20 Å². The number of hydrogen-bond donors (Lipinski definition) is 0. The van der Waals surface area contributed by atoms with E-state index in [1.54, 1.807) is 12.1 Å². The molecule has 0 atom stereocenters. The number of rotatable bonds is 5. The van der Waals surface area contributed by atoms with E-state index in [-0.39, 0.29) is 28.2 Å². The van der Waals surface area contributed by atoms with Crippen molar-refractivity contribution < 1.29 is 14.1 Å². The Hall–Kier alpha value is -2.11. The molecule has 0 bridgehead atoms. The maximum absolute atomic E-state index is 13.1. The van der Waals surface area contributed by atoms with E-state index in [1.807, 2.05) is 0 Å². The smallest absolute Gasteiger partial charge is 0.235 e. The topological polar surface area (TPSA) is 52.4 Å². The molecule has 0 fully saturated rings. The highest BCUT2D eigenvalue weighted by Crippen LogP contribution is 2.35. The molecule has 114 valence electrons. The van der Waals surface area contributed by atoms with Crippen LogP contribution in [-0.2, 0) is 6.61 Å². The second-order valence-electron chi connectivity index (χ2n) is 4.33. The summed E-state index contributed by atoms with van der Waals surface area (Å²) in [6.07, 6.45) is 2.06. The van der Waals surface area contributed by atoms with Gasteiger partial charge in [0.15, 0.2) is 5.75 Å². The van der Waals surface area contributed by atoms with Crippen LogP contribution in [0, 0.1) is 15.9 Å². The minimum atomic E-state index is -0.587. The predicted molar refractivity (Wildman–Crippen MR) is 83.2 cm³/mol. The van der Waals surface area contributed by atoms with Gasteiger partial charge in [-0.25, -0.2) is 4.39 Å². The SMILES string of the molecule is O=[N+]([O-])/C=C/c1cc(Cl)c(OCc2cccc(F)c2)c(Cl)c1. The Labute approximate surface area is 135 Å². The predicted octanol–water partition coefficient (Wildman–Crippen LogP) is 4.96. The first-order valence-corrected chi connectivity index (χ1v) is 6.89. The first-order valence-electron chi connectivity index (χ1n) is 6.13. The molecule has 0 aromatic heterocycles. The van der Waals surface area contributed by atoms with E-state index in [9.17, 15) is 14.5 Å². The summed E-state index contributed by atoms with van der Waals surface area (Å²) >= 11 is 12.1. The fourth-order valence-corrected chi connectivity index (χ4v) is 2.36. The molecule has 0 unspecified atom stereocenters. The van der Waals surface area contributed by atoms with Gasteiger partial charge >= 0.3 is 0 Å². The van der Waals surface area contributed by atoms with Crippen molar-refractivity contribution >= 4 is 29.3 Å². The summed E-state index contributed by atoms with van der Waals surface area (Å²) in [6.45, 7) is 0.0985. The van der Waals surface area contributed by atoms with Crippen LogP contribution in [0.1, 0.15) is 11.1 Å². The molecule has 0 N–H and O–H groups in total. The van der Waals surface area contributed by atoms with Crippen molar-refractivity contribution in [3.05, 3.63) is 79.7 Å². The van der Waals surface area contributed by atoms with Crippen LogP contribution in [0.25, 0.3) is 6.08 Å². The van der Waals surface area contributed by atoms with Crippen LogP contribution < -0.4 is 4.74 Å². The molecule has 0 heterocycles. The normalized spacial score (nSPS) is 10.9. The zero-order valence-electron chi connectivity index (χ0n) is 11.1. The Morgan fingerprint density at radius 1 is 1.23 bits per heavy atom. The van der Waals surface area contributed by atoms with E-state index < -0.39 is 4.92 Å². The number of nitrogens with zero attached hydrogens (tertiary/aromatic N) is 1. The van der Waals surface area contributed by atoms with Crippen molar-refractivity contribution in [3.63, 3.8) is 0 Å². The molecule has 0 saturated carbocycles. The van der Waals surface area contributed by atoms with Gasteiger partial charge in [-0.2, -0.15) is 0 Å². The van der Waals surface area contributed by atoms with Crippen molar-refractivity contribution in [2.75, 3.05) is 0 Å². The zero-order valence-corrected chi connectivity index (χ0v) is 12.6. The van der Waals surface area contributed by atoms with Crippen molar-refractivity contribution in [1.29, 1.82) is 0 Å². The molecule has 2 aromatic rings. The molecule has 0 saturated heterocycles. The number of hydrogen-bond acceptors (Lipinski definition) is 3. The van der Waals surface area contributed by atoms with Crippen LogP contribution in [0.2, 0.25) is 10.0 Å². The lowest BCUT2D eigenvalue weighted by Crippen LogP contribution is -1.97. The summed E-state index contributed by atoms with van der Waals surface area (Å²) in [5, 5.41) is 10.7. The molecule has 0 spiro atoms. The molecular formula is C15H10Cl2FNO3. The molecule has 22 heavy (non-hydrogen) atoms. The molecule has 0 amide bonds. The van der Waals surface area contributed by atoms with E-state index in [1.165, 1.54) is 30.3 Å². The van der Waals surface area contributed by atoms with Crippen LogP contribution in [0.5, 0.6) is 5.75 Å². The maximum atomic E-state index is 13.1. The highest BCUT2D eigenvalue weighted by molar-refractivity contribution is 6.37. The summed E-state index contributed by atoms with van der Waals surface area (Å²) in [7, 11) is 0. The van der Waals surface area contributed by atoms with Gasteiger partial charge in [0.05, 0.1) is 15.0 Å². The lowest BCUT2D eigenvalue weighted by Gasteiger charge is -2.11. The van der Waals surface area contributed by atoms with Gasteiger partial charge in [0.1, 0.15) is 12.4 Å². The Balaban J connectivity index is 2.16. The molecule has 2 rings (SSSR count). The van der Waals surface area contributed by atoms with Gasteiger partial charge in [-0.15, -0.1) is 0 Å². The molecular weight excluding hydrogens is 332 g/mol. The number of ether oxygens (including phenoxy) is 1. The van der Waals surface area contributed by atoms with Crippen LogP contribution in [0.4, 0.5) is 4.39 Å². The maximum Gasteiger partial charge on any atom is 0.235 e. The van der Waals surface area contributed by atoms with Gasteiger partial charge in [0, 0.05) is 6.08 Å². The first kappa shape index (κ1) is 16.3. The lowest BCUT2D eigenvalue weighted by atomic mass is 10.2. The Morgan fingerprint density at radius 2 is 1.91 bits per heavy atom. The quantitative estimate of drug-likeness (QED) is 0.570. The second-order valence-corrected chi connectivity index (χ2v) is 5.15. The highest BCUT2D eigenvalue weighted by atomic mass is 35.5. The van der Waals surface area contributed by atoms with Crippen molar-refractivity contribution in [3.8, 4) is 5.75 Å². The van der Waals surface area contributed by atoms with Crippen LogP contribution in [-0.4, -0.2) is 4.92 Å². The average Bonchev–Trinajstić information content (AvgIpc) is 2.44. The van der Waals surface area contributed by atoms with Crippen molar-refractivity contribution in [2.24, 2.45) is 0 Å². The van der Waals surface area contributed by atoms with Crippen LogP contribution in [0.15, 0.2) is 42.6 Å². The summed E-state index contributed by atoms with van der Waals surface area (Å²) < 4.78 is 18.6. The molecule has 0 aliphatic heterocycles. The van der Waals surface area contributed by atoms with E-state index in [2.05, 4.69) is 0 Å². The fraction of sp³-hybridized carbons (Fsp3) is 0.0667. The minimum Gasteiger partial charge on any atom is -0.486 e. The summed E-state index contributed by atoms with van der Waals surface area (Å²) in [5.41, 5.74) is 1.11. The van der Waals surface area contributed by atoms with Gasteiger partial charge in [-0.3, -0.25) is 10.1 Å². The molecule has 0 aliphatic carbocycles. The monoisotopic (exact) mass is 341 g/mol.